The van der Waals surface area contributed by atoms with Crippen molar-refractivity contribution in [2.75, 3.05) is 20.1 Å². The second kappa shape index (κ2) is 7.44. The summed E-state index contributed by atoms with van der Waals surface area (Å²) in [5, 5.41) is 12.3. The highest BCUT2D eigenvalue weighted by atomic mass is 16.5. The van der Waals surface area contributed by atoms with E-state index in [0.29, 0.717) is 5.92 Å². The van der Waals surface area contributed by atoms with Crippen molar-refractivity contribution in [2.45, 2.75) is 70.7 Å². The summed E-state index contributed by atoms with van der Waals surface area (Å²) in [6.45, 7) is 12.5. The lowest BCUT2D eigenvalue weighted by molar-refractivity contribution is -0.127. The number of rotatable bonds is 5. The van der Waals surface area contributed by atoms with Gasteiger partial charge in [0.2, 0.25) is 0 Å². The topological polar surface area (TPSA) is 45.6 Å². The number of hydrogen-bond donors (Lipinski definition) is 1. The molecule has 2 aromatic rings. The Morgan fingerprint density at radius 3 is 2.30 bits per heavy atom. The van der Waals surface area contributed by atoms with Gasteiger partial charge in [0.1, 0.15) is 5.60 Å². The Bertz CT molecular complexity index is 900. The summed E-state index contributed by atoms with van der Waals surface area (Å²) in [6.07, 6.45) is 5.79. The smallest absolute Gasteiger partial charge is 0.124 e. The minimum absolute atomic E-state index is 0.0388. The maximum atomic E-state index is 12.3. The molecule has 2 unspecified atom stereocenters. The number of nitrogens with zero attached hydrogens (tertiary/aromatic N) is 2. The molecule has 0 saturated carbocycles. The summed E-state index contributed by atoms with van der Waals surface area (Å²) in [6, 6.07) is 10.6. The first-order chi connectivity index (χ1) is 14.0. The lowest BCUT2D eigenvalue weighted by Gasteiger charge is -2.56. The van der Waals surface area contributed by atoms with Crippen LogP contribution in [-0.4, -0.2) is 40.7 Å². The van der Waals surface area contributed by atoms with Crippen LogP contribution in [0.15, 0.2) is 42.7 Å². The van der Waals surface area contributed by atoms with Gasteiger partial charge in [-0.25, -0.2) is 0 Å². The summed E-state index contributed by atoms with van der Waals surface area (Å²) in [4.78, 5) is 6.81. The molecule has 2 fully saturated rings. The van der Waals surface area contributed by atoms with Gasteiger partial charge in [-0.15, -0.1) is 0 Å². The predicted octanol–water partition coefficient (Wildman–Crippen LogP) is 5.02. The molecule has 4 heteroatoms. The van der Waals surface area contributed by atoms with E-state index in [-0.39, 0.29) is 17.1 Å². The van der Waals surface area contributed by atoms with Crippen LogP contribution >= 0.6 is 0 Å². The van der Waals surface area contributed by atoms with Gasteiger partial charge in [0.15, 0.2) is 0 Å². The summed E-state index contributed by atoms with van der Waals surface area (Å²) in [7, 11) is 2.10. The van der Waals surface area contributed by atoms with E-state index in [1.807, 2.05) is 12.4 Å². The summed E-state index contributed by atoms with van der Waals surface area (Å²) in [5.74, 6) is 0.463. The van der Waals surface area contributed by atoms with Crippen LogP contribution in [0.4, 0.5) is 0 Å². The van der Waals surface area contributed by atoms with E-state index in [9.17, 15) is 5.11 Å². The van der Waals surface area contributed by atoms with Crippen molar-refractivity contribution in [1.29, 1.82) is 0 Å². The molecule has 2 aliphatic rings. The van der Waals surface area contributed by atoms with Gasteiger partial charge in [0.05, 0.1) is 11.7 Å². The van der Waals surface area contributed by atoms with Gasteiger partial charge < -0.3 is 14.7 Å². The normalized spacial score (nSPS) is 25.1. The molecule has 1 aromatic heterocycles. The molecule has 0 spiro atoms. The van der Waals surface area contributed by atoms with E-state index in [1.54, 1.807) is 0 Å². The Morgan fingerprint density at radius 2 is 1.77 bits per heavy atom. The average molecular weight is 409 g/mol. The lowest BCUT2D eigenvalue weighted by atomic mass is 9.62. The van der Waals surface area contributed by atoms with Crippen LogP contribution in [0.3, 0.4) is 0 Å². The number of aliphatic hydroxyl groups is 1. The molecule has 2 aliphatic heterocycles. The van der Waals surface area contributed by atoms with Gasteiger partial charge in [-0.05, 0) is 62.4 Å². The molecule has 3 heterocycles. The Hall–Kier alpha value is -1.75. The molecule has 4 nitrogen and oxygen atoms in total. The third kappa shape index (κ3) is 3.59. The maximum absolute atomic E-state index is 12.3. The van der Waals surface area contributed by atoms with E-state index < -0.39 is 5.60 Å². The molecular weight excluding hydrogens is 372 g/mol. The number of hydrogen-bond acceptors (Lipinski definition) is 4. The summed E-state index contributed by atoms with van der Waals surface area (Å²) in [5.41, 5.74) is 2.66. The van der Waals surface area contributed by atoms with Crippen molar-refractivity contribution in [2.24, 2.45) is 5.41 Å². The van der Waals surface area contributed by atoms with E-state index in [2.05, 4.69) is 81.9 Å². The fraction of sp³-hybridized carbons (Fsp3) is 0.577. The van der Waals surface area contributed by atoms with Crippen LogP contribution in [0.5, 0.6) is 0 Å². The van der Waals surface area contributed by atoms with Crippen LogP contribution < -0.4 is 0 Å². The van der Waals surface area contributed by atoms with Crippen molar-refractivity contribution < 1.29 is 9.84 Å². The van der Waals surface area contributed by atoms with Gasteiger partial charge in [-0.3, -0.25) is 4.98 Å². The average Bonchev–Trinajstić information content (AvgIpc) is 3.06. The largest absolute Gasteiger partial charge is 0.380 e. The molecule has 2 atom stereocenters. The standard InChI is InChI=1S/C26H36N2O2/c1-18(2)19-7-9-21(10-8-19)26(29,25(5)16-28(6)17-25)22-13-20(14-27-15-22)23-11-12-24(3,4)30-23/h7-10,13-15,18,23,29H,11-12,16-17H2,1-6H3. The molecule has 1 N–H and O–H groups in total. The van der Waals surface area contributed by atoms with E-state index in [0.717, 1.165) is 42.6 Å². The molecule has 0 amide bonds. The third-order valence-electron chi connectivity index (χ3n) is 7.13. The molecule has 2 saturated heterocycles. The van der Waals surface area contributed by atoms with Crippen molar-refractivity contribution in [3.8, 4) is 0 Å². The maximum Gasteiger partial charge on any atom is 0.124 e. The fourth-order valence-electron chi connectivity index (χ4n) is 5.39. The first-order valence-electron chi connectivity index (χ1n) is 11.2. The molecule has 0 aliphatic carbocycles. The van der Waals surface area contributed by atoms with Crippen LogP contribution in [0, 0.1) is 5.41 Å². The van der Waals surface area contributed by atoms with Crippen molar-refractivity contribution in [1.82, 2.24) is 9.88 Å². The third-order valence-corrected chi connectivity index (χ3v) is 7.13. The molecule has 0 bridgehead atoms. The number of ether oxygens (including phenoxy) is 1. The number of likely N-dealkylation sites (tertiary alicyclic amines) is 1. The van der Waals surface area contributed by atoms with Crippen LogP contribution in [0.25, 0.3) is 0 Å². The van der Waals surface area contributed by atoms with Crippen molar-refractivity contribution in [3.05, 3.63) is 65.0 Å². The highest BCUT2D eigenvalue weighted by molar-refractivity contribution is 5.42. The van der Waals surface area contributed by atoms with Crippen LogP contribution in [0.2, 0.25) is 0 Å². The number of aromatic nitrogens is 1. The molecule has 30 heavy (non-hydrogen) atoms. The van der Waals surface area contributed by atoms with Gasteiger partial charge in [-0.2, -0.15) is 0 Å². The number of pyridine rings is 1. The predicted molar refractivity (Wildman–Crippen MR) is 121 cm³/mol. The van der Waals surface area contributed by atoms with Crippen LogP contribution in [-0.2, 0) is 10.3 Å². The molecule has 1 aromatic carbocycles. The van der Waals surface area contributed by atoms with Gasteiger partial charge in [0.25, 0.3) is 0 Å². The Kier molecular flexibility index (Phi) is 5.32. The fourth-order valence-corrected chi connectivity index (χ4v) is 5.39. The second-order valence-corrected chi connectivity index (χ2v) is 10.6. The second-order valence-electron chi connectivity index (χ2n) is 10.6. The van der Waals surface area contributed by atoms with Gasteiger partial charge in [-0.1, -0.05) is 45.0 Å². The first kappa shape index (κ1) is 21.5. The summed E-state index contributed by atoms with van der Waals surface area (Å²) < 4.78 is 6.26. The van der Waals surface area contributed by atoms with Crippen molar-refractivity contribution in [3.63, 3.8) is 0 Å². The highest BCUT2D eigenvalue weighted by Gasteiger charge is 2.55. The van der Waals surface area contributed by atoms with Crippen LogP contribution in [0.1, 0.15) is 81.7 Å². The zero-order chi connectivity index (χ0) is 21.7. The number of benzene rings is 1. The molecule has 4 rings (SSSR count). The molecular formula is C26H36N2O2. The quantitative estimate of drug-likeness (QED) is 0.754. The summed E-state index contributed by atoms with van der Waals surface area (Å²) >= 11 is 0. The first-order valence-corrected chi connectivity index (χ1v) is 11.2. The monoisotopic (exact) mass is 408 g/mol. The molecule has 0 radical (unpaired) electrons. The van der Waals surface area contributed by atoms with E-state index >= 15 is 0 Å². The van der Waals surface area contributed by atoms with E-state index in [4.69, 9.17) is 4.74 Å². The SMILES string of the molecule is CC(C)c1ccc(C(O)(c2cncc(C3CCC(C)(C)O3)c2)C2(C)CN(C)C2)cc1. The zero-order valence-corrected chi connectivity index (χ0v) is 19.3. The highest BCUT2D eigenvalue weighted by Crippen LogP contribution is 2.50. The minimum atomic E-state index is -1.11. The van der Waals surface area contributed by atoms with Gasteiger partial charge >= 0.3 is 0 Å². The lowest BCUT2D eigenvalue weighted by Crippen LogP contribution is -2.63. The minimum Gasteiger partial charge on any atom is -0.380 e. The Morgan fingerprint density at radius 1 is 1.10 bits per heavy atom. The Balaban J connectivity index is 1.77. The van der Waals surface area contributed by atoms with Crippen molar-refractivity contribution >= 4 is 0 Å². The Labute approximate surface area is 181 Å². The zero-order valence-electron chi connectivity index (χ0n) is 19.3. The molecule has 162 valence electrons. The van der Waals surface area contributed by atoms with E-state index in [1.165, 1.54) is 5.56 Å². The van der Waals surface area contributed by atoms with Gasteiger partial charge in [0, 0.05) is 36.5 Å².